The third-order valence-electron chi connectivity index (χ3n) is 2.42. The fourth-order valence-electron chi connectivity index (χ4n) is 1.50. The predicted octanol–water partition coefficient (Wildman–Crippen LogP) is 3.16. The van der Waals surface area contributed by atoms with Crippen molar-refractivity contribution >= 4 is 11.8 Å². The summed E-state index contributed by atoms with van der Waals surface area (Å²) in [4.78, 5) is 0.614. The van der Waals surface area contributed by atoms with E-state index in [0.717, 1.165) is 0 Å². The number of alkyl halides is 3. The molecule has 102 valence electrons. The van der Waals surface area contributed by atoms with Gasteiger partial charge in [0, 0.05) is 25.1 Å². The highest BCUT2D eigenvalue weighted by Gasteiger charge is 2.33. The van der Waals surface area contributed by atoms with Gasteiger partial charge in [0.2, 0.25) is 0 Å². The topological polar surface area (TPSA) is 21.3 Å². The van der Waals surface area contributed by atoms with Crippen LogP contribution in [0.2, 0.25) is 0 Å². The lowest BCUT2D eigenvalue weighted by atomic mass is 10.1. The number of hydrogen-bond acceptors (Lipinski definition) is 3. The summed E-state index contributed by atoms with van der Waals surface area (Å²) in [6.07, 6.45) is -2.56. The van der Waals surface area contributed by atoms with Gasteiger partial charge in [0.15, 0.2) is 0 Å². The lowest BCUT2D eigenvalue weighted by molar-refractivity contribution is -0.138. The molecule has 0 amide bonds. The Labute approximate surface area is 109 Å². The summed E-state index contributed by atoms with van der Waals surface area (Å²) in [5.74, 6) is 0. The summed E-state index contributed by atoms with van der Waals surface area (Å²) in [5, 5.41) is 2.92. The van der Waals surface area contributed by atoms with E-state index >= 15 is 0 Å². The molecule has 0 atom stereocenters. The Kier molecular flexibility index (Phi) is 5.98. The number of rotatable bonds is 6. The molecule has 0 aliphatic rings. The second-order valence-corrected chi connectivity index (χ2v) is 4.57. The molecule has 2 nitrogen and oxygen atoms in total. The van der Waals surface area contributed by atoms with E-state index in [1.165, 1.54) is 23.9 Å². The van der Waals surface area contributed by atoms with Gasteiger partial charge >= 0.3 is 6.18 Å². The van der Waals surface area contributed by atoms with Crippen molar-refractivity contribution in [2.45, 2.75) is 17.6 Å². The van der Waals surface area contributed by atoms with E-state index in [0.29, 0.717) is 18.0 Å². The van der Waals surface area contributed by atoms with Gasteiger partial charge in [-0.25, -0.2) is 0 Å². The van der Waals surface area contributed by atoms with Crippen LogP contribution in [0.15, 0.2) is 23.1 Å². The van der Waals surface area contributed by atoms with Gasteiger partial charge in [-0.1, -0.05) is 6.07 Å². The van der Waals surface area contributed by atoms with Gasteiger partial charge in [-0.15, -0.1) is 11.8 Å². The van der Waals surface area contributed by atoms with Crippen molar-refractivity contribution in [1.82, 2.24) is 5.32 Å². The molecule has 1 aromatic rings. The fourth-order valence-corrected chi connectivity index (χ4v) is 1.94. The lowest BCUT2D eigenvalue weighted by Gasteiger charge is -2.14. The summed E-state index contributed by atoms with van der Waals surface area (Å²) >= 11 is 1.30. The molecule has 0 fully saturated rings. The molecule has 1 aromatic carbocycles. The van der Waals surface area contributed by atoms with Crippen LogP contribution in [0.4, 0.5) is 13.2 Å². The molecule has 0 radical (unpaired) electrons. The number of methoxy groups -OCH3 is 1. The molecule has 0 unspecified atom stereocenters. The maximum atomic E-state index is 12.9. The third-order valence-corrected chi connectivity index (χ3v) is 3.15. The van der Waals surface area contributed by atoms with Crippen molar-refractivity contribution in [3.63, 3.8) is 0 Å². The van der Waals surface area contributed by atoms with Crippen molar-refractivity contribution in [2.24, 2.45) is 0 Å². The summed E-state index contributed by atoms with van der Waals surface area (Å²) < 4.78 is 43.5. The van der Waals surface area contributed by atoms with Gasteiger partial charge in [-0.05, 0) is 24.0 Å². The summed E-state index contributed by atoms with van der Waals surface area (Å²) in [6.45, 7) is 1.19. The van der Waals surface area contributed by atoms with E-state index in [9.17, 15) is 13.2 Å². The smallest absolute Gasteiger partial charge is 0.383 e. The molecule has 0 aliphatic carbocycles. The minimum absolute atomic E-state index is 0.187. The van der Waals surface area contributed by atoms with E-state index in [-0.39, 0.29) is 12.1 Å². The largest absolute Gasteiger partial charge is 0.416 e. The molecule has 1 N–H and O–H groups in total. The standard InChI is InChI=1S/C12H16F3NOS/c1-17-6-5-16-8-9-3-4-10(18-2)7-11(9)12(13,14)15/h3-4,7,16H,5-6,8H2,1-2H3. The third kappa shape index (κ3) is 4.51. The Bertz CT molecular complexity index is 382. The van der Waals surface area contributed by atoms with Crippen LogP contribution in [0.1, 0.15) is 11.1 Å². The van der Waals surface area contributed by atoms with Crippen LogP contribution in [0.25, 0.3) is 0 Å². The van der Waals surface area contributed by atoms with Gasteiger partial charge in [-0.2, -0.15) is 13.2 Å². The molecular formula is C12H16F3NOS. The molecule has 0 bridgehead atoms. The van der Waals surface area contributed by atoms with Crippen molar-refractivity contribution < 1.29 is 17.9 Å². The zero-order chi connectivity index (χ0) is 13.6. The highest BCUT2D eigenvalue weighted by molar-refractivity contribution is 7.98. The van der Waals surface area contributed by atoms with Gasteiger partial charge in [0.05, 0.1) is 12.2 Å². The molecule has 0 saturated carbocycles. The van der Waals surface area contributed by atoms with Crippen molar-refractivity contribution in [2.75, 3.05) is 26.5 Å². The molecule has 6 heteroatoms. The lowest BCUT2D eigenvalue weighted by Crippen LogP contribution is -2.21. The highest BCUT2D eigenvalue weighted by atomic mass is 32.2. The first-order valence-electron chi connectivity index (χ1n) is 5.42. The SMILES string of the molecule is COCCNCc1ccc(SC)cc1C(F)(F)F. The number of halogens is 3. The van der Waals surface area contributed by atoms with E-state index in [1.807, 2.05) is 0 Å². The van der Waals surface area contributed by atoms with Gasteiger partial charge < -0.3 is 10.1 Å². The Hall–Kier alpha value is -0.720. The number of ether oxygens (including phenoxy) is 1. The second-order valence-electron chi connectivity index (χ2n) is 3.69. The summed E-state index contributed by atoms with van der Waals surface area (Å²) in [6, 6.07) is 4.42. The minimum atomic E-state index is -4.32. The second kappa shape index (κ2) is 7.01. The Morgan fingerprint density at radius 2 is 2.06 bits per heavy atom. The fraction of sp³-hybridized carbons (Fsp3) is 0.500. The van der Waals surface area contributed by atoms with Crippen LogP contribution < -0.4 is 5.32 Å². The average molecular weight is 279 g/mol. The van der Waals surface area contributed by atoms with E-state index in [1.54, 1.807) is 19.4 Å². The van der Waals surface area contributed by atoms with Crippen LogP contribution in [0.5, 0.6) is 0 Å². The quantitative estimate of drug-likeness (QED) is 0.638. The number of thioether (sulfide) groups is 1. The van der Waals surface area contributed by atoms with Crippen LogP contribution in [0, 0.1) is 0 Å². The molecule has 1 rings (SSSR count). The first kappa shape index (κ1) is 15.3. The number of hydrogen-bond donors (Lipinski definition) is 1. The predicted molar refractivity (Wildman–Crippen MR) is 66.8 cm³/mol. The van der Waals surface area contributed by atoms with Crippen LogP contribution in [0.3, 0.4) is 0 Å². The highest BCUT2D eigenvalue weighted by Crippen LogP contribution is 2.34. The molecule has 0 aliphatic heterocycles. The molecule has 0 heterocycles. The van der Waals surface area contributed by atoms with Crippen molar-refractivity contribution in [1.29, 1.82) is 0 Å². The van der Waals surface area contributed by atoms with Gasteiger partial charge in [0.1, 0.15) is 0 Å². The maximum absolute atomic E-state index is 12.9. The first-order valence-corrected chi connectivity index (χ1v) is 6.65. The molecule has 18 heavy (non-hydrogen) atoms. The van der Waals surface area contributed by atoms with E-state index < -0.39 is 11.7 Å². The van der Waals surface area contributed by atoms with Gasteiger partial charge in [0.25, 0.3) is 0 Å². The van der Waals surface area contributed by atoms with Crippen LogP contribution in [-0.2, 0) is 17.5 Å². The zero-order valence-electron chi connectivity index (χ0n) is 10.3. The van der Waals surface area contributed by atoms with E-state index in [4.69, 9.17) is 4.74 Å². The zero-order valence-corrected chi connectivity index (χ0v) is 11.1. The molecular weight excluding hydrogens is 263 g/mol. The average Bonchev–Trinajstić information content (AvgIpc) is 2.33. The van der Waals surface area contributed by atoms with Gasteiger partial charge in [-0.3, -0.25) is 0 Å². The van der Waals surface area contributed by atoms with Crippen LogP contribution >= 0.6 is 11.8 Å². The minimum Gasteiger partial charge on any atom is -0.383 e. The summed E-state index contributed by atoms with van der Waals surface area (Å²) in [5.41, 5.74) is -0.310. The van der Waals surface area contributed by atoms with Crippen molar-refractivity contribution in [3.8, 4) is 0 Å². The van der Waals surface area contributed by atoms with Crippen molar-refractivity contribution in [3.05, 3.63) is 29.3 Å². The Balaban J connectivity index is 2.82. The molecule has 0 aromatic heterocycles. The summed E-state index contributed by atoms with van der Waals surface area (Å²) in [7, 11) is 1.55. The first-order chi connectivity index (χ1) is 8.49. The van der Waals surface area contributed by atoms with E-state index in [2.05, 4.69) is 5.32 Å². The maximum Gasteiger partial charge on any atom is 0.416 e. The Morgan fingerprint density at radius 3 is 2.61 bits per heavy atom. The molecule has 0 saturated heterocycles. The monoisotopic (exact) mass is 279 g/mol. The normalized spacial score (nSPS) is 11.8. The molecule has 0 spiro atoms. The number of nitrogens with one attached hydrogen (secondary N) is 1. The van der Waals surface area contributed by atoms with Crippen LogP contribution in [-0.4, -0.2) is 26.5 Å². The number of benzene rings is 1. The Morgan fingerprint density at radius 1 is 1.33 bits per heavy atom.